The molecule has 6 nitrogen and oxygen atoms in total. The third kappa shape index (κ3) is 3.85. The molecule has 0 atom stereocenters. The van der Waals surface area contributed by atoms with Crippen molar-refractivity contribution in [2.24, 2.45) is 0 Å². The summed E-state index contributed by atoms with van der Waals surface area (Å²) in [4.78, 5) is 13.9. The lowest BCUT2D eigenvalue weighted by Gasteiger charge is -2.25. The van der Waals surface area contributed by atoms with E-state index in [4.69, 9.17) is 10.1 Å². The van der Waals surface area contributed by atoms with Crippen molar-refractivity contribution in [3.8, 4) is 11.1 Å². The first kappa shape index (κ1) is 20.8. The average molecular weight is 415 g/mol. The molecular weight excluding hydrogens is 384 g/mol. The third-order valence-electron chi connectivity index (χ3n) is 5.49. The molecule has 0 radical (unpaired) electrons. The topological polar surface area (TPSA) is 49.6 Å². The summed E-state index contributed by atoms with van der Waals surface area (Å²) in [6.45, 7) is 9.31. The molecule has 4 rings (SSSR count). The van der Waals surface area contributed by atoms with Gasteiger partial charge in [-0.3, -0.25) is 0 Å². The normalized spacial score (nSPS) is 11.2. The Morgan fingerprint density at radius 3 is 2.39 bits per heavy atom. The van der Waals surface area contributed by atoms with Crippen LogP contribution in [0.5, 0.6) is 0 Å². The van der Waals surface area contributed by atoms with Crippen LogP contribution in [-0.4, -0.2) is 40.2 Å². The van der Waals surface area contributed by atoms with Crippen LogP contribution in [0.4, 0.5) is 17.3 Å². The van der Waals surface area contributed by atoms with Crippen LogP contribution in [0.15, 0.2) is 48.7 Å². The highest BCUT2D eigenvalue weighted by Crippen LogP contribution is 2.34. The average Bonchev–Trinajstić information content (AvgIpc) is 3.07. The van der Waals surface area contributed by atoms with Gasteiger partial charge >= 0.3 is 0 Å². The number of aryl methyl sites for hydroxylation is 3. The zero-order chi connectivity index (χ0) is 22.1. The van der Waals surface area contributed by atoms with Gasteiger partial charge in [-0.05, 0) is 51.0 Å². The molecular formula is C25H30N6. The summed E-state index contributed by atoms with van der Waals surface area (Å²) in [6, 6.07) is 14.7. The molecule has 4 aromatic rings. The molecule has 0 aliphatic carbocycles. The lowest BCUT2D eigenvalue weighted by atomic mass is 10.0. The molecule has 160 valence electrons. The van der Waals surface area contributed by atoms with Gasteiger partial charge in [-0.15, -0.1) is 0 Å². The fourth-order valence-corrected chi connectivity index (χ4v) is 3.99. The minimum Gasteiger partial charge on any atom is -0.363 e. The number of benzene rings is 1. The summed E-state index contributed by atoms with van der Waals surface area (Å²) in [5, 5.41) is 4.93. The molecule has 0 aliphatic heterocycles. The summed E-state index contributed by atoms with van der Waals surface area (Å²) < 4.78 is 1.99. The number of fused-ring (bicyclic) bond motifs is 1. The van der Waals surface area contributed by atoms with Crippen molar-refractivity contribution in [3.63, 3.8) is 0 Å². The molecule has 0 aliphatic rings. The number of pyridine rings is 1. The summed E-state index contributed by atoms with van der Waals surface area (Å²) in [5.74, 6) is 1.97. The highest BCUT2D eigenvalue weighted by molar-refractivity contribution is 5.83. The molecule has 3 heterocycles. The molecule has 0 unspecified atom stereocenters. The number of hydrogen-bond donors (Lipinski definition) is 0. The number of nitrogens with zero attached hydrogens (tertiary/aromatic N) is 6. The van der Waals surface area contributed by atoms with E-state index in [0.717, 1.165) is 64.0 Å². The Kier molecular flexibility index (Phi) is 5.63. The summed E-state index contributed by atoms with van der Waals surface area (Å²) >= 11 is 0. The van der Waals surface area contributed by atoms with Gasteiger partial charge in [-0.1, -0.05) is 25.1 Å². The van der Waals surface area contributed by atoms with Crippen LogP contribution < -0.4 is 9.80 Å². The van der Waals surface area contributed by atoms with Gasteiger partial charge in [-0.2, -0.15) is 9.61 Å². The second-order valence-electron chi connectivity index (χ2n) is 8.19. The fourth-order valence-electron chi connectivity index (χ4n) is 3.99. The number of anilines is 3. The highest BCUT2D eigenvalue weighted by atomic mass is 15.4. The van der Waals surface area contributed by atoms with Crippen molar-refractivity contribution in [2.45, 2.75) is 34.1 Å². The van der Waals surface area contributed by atoms with Crippen molar-refractivity contribution >= 4 is 23.0 Å². The van der Waals surface area contributed by atoms with E-state index in [2.05, 4.69) is 67.1 Å². The van der Waals surface area contributed by atoms with E-state index in [9.17, 15) is 0 Å². The third-order valence-corrected chi connectivity index (χ3v) is 5.49. The van der Waals surface area contributed by atoms with Crippen LogP contribution in [0.2, 0.25) is 0 Å². The maximum absolute atomic E-state index is 4.93. The molecule has 0 spiro atoms. The van der Waals surface area contributed by atoms with Gasteiger partial charge in [0.25, 0.3) is 0 Å². The van der Waals surface area contributed by atoms with Crippen molar-refractivity contribution < 1.29 is 0 Å². The molecule has 0 fully saturated rings. The minimum atomic E-state index is 0.868. The second kappa shape index (κ2) is 8.38. The monoisotopic (exact) mass is 414 g/mol. The van der Waals surface area contributed by atoms with Crippen molar-refractivity contribution in [3.05, 3.63) is 65.6 Å². The van der Waals surface area contributed by atoms with Crippen molar-refractivity contribution in [1.29, 1.82) is 0 Å². The second-order valence-corrected chi connectivity index (χ2v) is 8.19. The van der Waals surface area contributed by atoms with E-state index < -0.39 is 0 Å². The quantitative estimate of drug-likeness (QED) is 0.427. The highest BCUT2D eigenvalue weighted by Gasteiger charge is 2.21. The van der Waals surface area contributed by atoms with Crippen LogP contribution in [0.25, 0.3) is 16.8 Å². The van der Waals surface area contributed by atoms with E-state index in [-0.39, 0.29) is 0 Å². The molecule has 0 N–H and O–H groups in total. The Morgan fingerprint density at radius 2 is 1.74 bits per heavy atom. The zero-order valence-electron chi connectivity index (χ0n) is 19.2. The predicted octanol–water partition coefficient (Wildman–Crippen LogP) is 5.33. The van der Waals surface area contributed by atoms with E-state index in [1.807, 2.05) is 42.7 Å². The number of hydrogen-bond acceptors (Lipinski definition) is 5. The van der Waals surface area contributed by atoms with Crippen molar-refractivity contribution in [2.75, 3.05) is 30.4 Å². The number of aromatic nitrogens is 4. The van der Waals surface area contributed by atoms with E-state index in [0.29, 0.717) is 0 Å². The van der Waals surface area contributed by atoms with Crippen LogP contribution in [-0.2, 0) is 0 Å². The first-order chi connectivity index (χ1) is 14.9. The standard InChI is InChI=1S/C25H30N6/c1-7-13-30(20-11-9-8-10-12-20)23-15-18(3)27-25-24(19(4)28-31(23)25)21-16-26-22(29(5)6)14-17(21)2/h8-12,14-16H,7,13H2,1-6H3. The van der Waals surface area contributed by atoms with E-state index in [1.165, 1.54) is 0 Å². The van der Waals surface area contributed by atoms with Crippen LogP contribution in [0.1, 0.15) is 30.3 Å². The number of para-hydroxylation sites is 1. The Labute approximate surface area is 184 Å². The van der Waals surface area contributed by atoms with Gasteiger partial charge in [0.15, 0.2) is 5.65 Å². The van der Waals surface area contributed by atoms with Crippen LogP contribution in [0, 0.1) is 20.8 Å². The first-order valence-electron chi connectivity index (χ1n) is 10.7. The largest absolute Gasteiger partial charge is 0.363 e. The smallest absolute Gasteiger partial charge is 0.165 e. The predicted molar refractivity (Wildman–Crippen MR) is 128 cm³/mol. The van der Waals surface area contributed by atoms with Gasteiger partial charge in [0.1, 0.15) is 11.6 Å². The molecule has 6 heteroatoms. The van der Waals surface area contributed by atoms with Gasteiger partial charge < -0.3 is 9.80 Å². The number of rotatable bonds is 6. The SMILES string of the molecule is CCCN(c1ccccc1)c1cc(C)nc2c(-c3cnc(N(C)C)cc3C)c(C)nn12. The van der Waals surface area contributed by atoms with Crippen molar-refractivity contribution in [1.82, 2.24) is 19.6 Å². The molecule has 1 aromatic carbocycles. The van der Waals surface area contributed by atoms with E-state index >= 15 is 0 Å². The Hall–Kier alpha value is -3.41. The molecule has 0 amide bonds. The fraction of sp³-hybridized carbons (Fsp3) is 0.320. The minimum absolute atomic E-state index is 0.868. The Balaban J connectivity index is 1.94. The maximum Gasteiger partial charge on any atom is 0.165 e. The first-order valence-corrected chi connectivity index (χ1v) is 10.7. The van der Waals surface area contributed by atoms with Gasteiger partial charge in [0.05, 0.1) is 11.3 Å². The molecule has 0 bridgehead atoms. The Bertz CT molecular complexity index is 1210. The summed E-state index contributed by atoms with van der Waals surface area (Å²) in [5.41, 5.74) is 7.22. The van der Waals surface area contributed by atoms with Crippen LogP contribution in [0.3, 0.4) is 0 Å². The van der Waals surface area contributed by atoms with Gasteiger partial charge in [0.2, 0.25) is 0 Å². The maximum atomic E-state index is 4.93. The molecule has 0 saturated carbocycles. The molecule has 0 saturated heterocycles. The molecule has 3 aromatic heterocycles. The lowest BCUT2D eigenvalue weighted by Crippen LogP contribution is -2.21. The van der Waals surface area contributed by atoms with Gasteiger partial charge in [-0.25, -0.2) is 9.97 Å². The molecule has 31 heavy (non-hydrogen) atoms. The Morgan fingerprint density at radius 1 is 1.00 bits per heavy atom. The zero-order valence-corrected chi connectivity index (χ0v) is 19.2. The van der Waals surface area contributed by atoms with E-state index in [1.54, 1.807) is 0 Å². The summed E-state index contributed by atoms with van der Waals surface area (Å²) in [7, 11) is 4.01. The summed E-state index contributed by atoms with van der Waals surface area (Å²) in [6.07, 6.45) is 2.97. The lowest BCUT2D eigenvalue weighted by molar-refractivity contribution is 0.820. The van der Waals surface area contributed by atoms with Crippen LogP contribution >= 0.6 is 0 Å². The van der Waals surface area contributed by atoms with Gasteiger partial charge in [0, 0.05) is 49.8 Å².